The Morgan fingerprint density at radius 2 is 2.29 bits per heavy atom. The quantitative estimate of drug-likeness (QED) is 0.921. The fourth-order valence-electron chi connectivity index (χ4n) is 1.23. The highest BCUT2D eigenvalue weighted by molar-refractivity contribution is 8.00. The normalized spacial score (nSPS) is 12.6. The smallest absolute Gasteiger partial charge is 0.176 e. The first-order valence-electron chi connectivity index (χ1n) is 5.41. The third-order valence-corrected chi connectivity index (χ3v) is 3.98. The van der Waals surface area contributed by atoms with Gasteiger partial charge in [-0.25, -0.2) is 9.97 Å². The fraction of sp³-hybridized carbons (Fsp3) is 0.364. The van der Waals surface area contributed by atoms with Gasteiger partial charge < -0.3 is 5.73 Å². The first-order valence-corrected chi connectivity index (χ1v) is 7.00. The second-order valence-electron chi connectivity index (χ2n) is 3.65. The molecule has 0 spiro atoms. The van der Waals surface area contributed by atoms with Gasteiger partial charge in [-0.3, -0.25) is 0 Å². The average molecular weight is 266 g/mol. The summed E-state index contributed by atoms with van der Waals surface area (Å²) in [4.78, 5) is 8.74. The van der Waals surface area contributed by atoms with E-state index in [0.29, 0.717) is 0 Å². The van der Waals surface area contributed by atoms with Crippen molar-refractivity contribution in [3.8, 4) is 0 Å². The maximum Gasteiger partial charge on any atom is 0.176 e. The molecule has 0 aliphatic rings. The summed E-state index contributed by atoms with van der Waals surface area (Å²) in [7, 11) is 0. The van der Waals surface area contributed by atoms with Crippen LogP contribution in [0, 0.1) is 0 Å². The second-order valence-corrected chi connectivity index (χ2v) is 5.67. The standard InChI is InChI=1S/C11H14N4S2/c1-3-9-14-11(17-15-9)16-10-5-4-8(6-13-10)7(2)12/h4-7H,3,12H2,1-2H3. The Morgan fingerprint density at radius 1 is 1.47 bits per heavy atom. The molecule has 90 valence electrons. The lowest BCUT2D eigenvalue weighted by molar-refractivity contribution is 0.806. The Kier molecular flexibility index (Phi) is 4.09. The molecule has 1 unspecified atom stereocenters. The van der Waals surface area contributed by atoms with Crippen molar-refractivity contribution in [3.63, 3.8) is 0 Å². The molecule has 0 aromatic carbocycles. The lowest BCUT2D eigenvalue weighted by Gasteiger charge is -2.04. The maximum absolute atomic E-state index is 5.77. The maximum atomic E-state index is 5.77. The molecule has 0 amide bonds. The molecule has 0 aliphatic heterocycles. The van der Waals surface area contributed by atoms with Gasteiger partial charge in [-0.05, 0) is 41.8 Å². The summed E-state index contributed by atoms with van der Waals surface area (Å²) in [5.41, 5.74) is 6.81. The predicted molar refractivity (Wildman–Crippen MR) is 70.2 cm³/mol. The lowest BCUT2D eigenvalue weighted by atomic mass is 10.2. The molecule has 1 atom stereocenters. The zero-order chi connectivity index (χ0) is 12.3. The predicted octanol–water partition coefficient (Wildman–Crippen LogP) is 2.67. The molecular formula is C11H14N4S2. The topological polar surface area (TPSA) is 64.7 Å². The molecule has 0 radical (unpaired) electrons. The van der Waals surface area contributed by atoms with E-state index in [-0.39, 0.29) is 6.04 Å². The third-order valence-electron chi connectivity index (χ3n) is 2.24. The van der Waals surface area contributed by atoms with Gasteiger partial charge in [0.1, 0.15) is 10.9 Å². The Morgan fingerprint density at radius 3 is 2.82 bits per heavy atom. The van der Waals surface area contributed by atoms with E-state index < -0.39 is 0 Å². The Labute approximate surface area is 109 Å². The highest BCUT2D eigenvalue weighted by Gasteiger charge is 2.06. The summed E-state index contributed by atoms with van der Waals surface area (Å²) >= 11 is 2.95. The number of hydrogen-bond acceptors (Lipinski definition) is 6. The van der Waals surface area contributed by atoms with Crippen LogP contribution in [-0.2, 0) is 6.42 Å². The number of aryl methyl sites for hydroxylation is 1. The van der Waals surface area contributed by atoms with Crippen molar-refractivity contribution in [1.82, 2.24) is 14.3 Å². The zero-order valence-corrected chi connectivity index (χ0v) is 11.4. The van der Waals surface area contributed by atoms with Crippen molar-refractivity contribution >= 4 is 23.3 Å². The van der Waals surface area contributed by atoms with Crippen LogP contribution in [0.3, 0.4) is 0 Å². The van der Waals surface area contributed by atoms with Crippen molar-refractivity contribution in [3.05, 3.63) is 29.7 Å². The highest BCUT2D eigenvalue weighted by atomic mass is 32.2. The highest BCUT2D eigenvalue weighted by Crippen LogP contribution is 2.27. The van der Waals surface area contributed by atoms with E-state index in [2.05, 4.69) is 14.3 Å². The van der Waals surface area contributed by atoms with Gasteiger partial charge in [-0.1, -0.05) is 13.0 Å². The van der Waals surface area contributed by atoms with E-state index in [1.165, 1.54) is 23.3 Å². The molecule has 0 aliphatic carbocycles. The molecule has 2 N–H and O–H groups in total. The van der Waals surface area contributed by atoms with Crippen LogP contribution in [-0.4, -0.2) is 14.3 Å². The van der Waals surface area contributed by atoms with Crippen LogP contribution in [0.4, 0.5) is 0 Å². The van der Waals surface area contributed by atoms with E-state index in [1.54, 1.807) is 0 Å². The molecule has 6 heteroatoms. The van der Waals surface area contributed by atoms with Crippen LogP contribution in [0.5, 0.6) is 0 Å². The van der Waals surface area contributed by atoms with Crippen LogP contribution in [0.25, 0.3) is 0 Å². The number of pyridine rings is 1. The SMILES string of the molecule is CCc1nsc(Sc2ccc(C(C)N)cn2)n1. The van der Waals surface area contributed by atoms with Crippen LogP contribution in [0.2, 0.25) is 0 Å². The third kappa shape index (κ3) is 3.24. The Balaban J connectivity index is 2.08. The Bertz CT molecular complexity index is 478. The molecule has 17 heavy (non-hydrogen) atoms. The first kappa shape index (κ1) is 12.5. The number of nitrogens with zero attached hydrogens (tertiary/aromatic N) is 3. The van der Waals surface area contributed by atoms with Gasteiger partial charge in [0, 0.05) is 18.7 Å². The summed E-state index contributed by atoms with van der Waals surface area (Å²) < 4.78 is 5.17. The van der Waals surface area contributed by atoms with E-state index in [0.717, 1.165) is 27.2 Å². The van der Waals surface area contributed by atoms with E-state index in [4.69, 9.17) is 5.73 Å². The molecule has 0 saturated heterocycles. The van der Waals surface area contributed by atoms with Gasteiger partial charge in [0.15, 0.2) is 4.34 Å². The van der Waals surface area contributed by atoms with Crippen LogP contribution in [0.15, 0.2) is 27.7 Å². The minimum absolute atomic E-state index is 0.0229. The van der Waals surface area contributed by atoms with Crippen molar-refractivity contribution in [2.24, 2.45) is 5.73 Å². The lowest BCUT2D eigenvalue weighted by Crippen LogP contribution is -2.04. The van der Waals surface area contributed by atoms with Gasteiger partial charge in [-0.15, -0.1) is 0 Å². The zero-order valence-electron chi connectivity index (χ0n) is 9.75. The first-order chi connectivity index (χ1) is 8.19. The van der Waals surface area contributed by atoms with E-state index >= 15 is 0 Å². The summed E-state index contributed by atoms with van der Waals surface area (Å²) in [6, 6.07) is 3.99. The Hall–Kier alpha value is -0.980. The molecule has 2 aromatic heterocycles. The molecule has 0 bridgehead atoms. The average Bonchev–Trinajstić information content (AvgIpc) is 2.77. The second kappa shape index (κ2) is 5.57. The van der Waals surface area contributed by atoms with E-state index in [1.807, 2.05) is 32.2 Å². The number of rotatable bonds is 4. The van der Waals surface area contributed by atoms with Crippen molar-refractivity contribution in [1.29, 1.82) is 0 Å². The molecule has 2 rings (SSSR count). The van der Waals surface area contributed by atoms with Crippen LogP contribution < -0.4 is 5.73 Å². The molecule has 4 nitrogen and oxygen atoms in total. The monoisotopic (exact) mass is 266 g/mol. The van der Waals surface area contributed by atoms with Gasteiger partial charge in [-0.2, -0.15) is 4.37 Å². The van der Waals surface area contributed by atoms with Gasteiger partial charge in [0.25, 0.3) is 0 Å². The largest absolute Gasteiger partial charge is 0.324 e. The molecule has 0 fully saturated rings. The van der Waals surface area contributed by atoms with Crippen molar-refractivity contribution < 1.29 is 0 Å². The molecule has 0 saturated carbocycles. The molecule has 2 aromatic rings. The minimum atomic E-state index is 0.0229. The van der Waals surface area contributed by atoms with Crippen LogP contribution >= 0.6 is 23.3 Å². The number of aromatic nitrogens is 3. The van der Waals surface area contributed by atoms with Crippen molar-refractivity contribution in [2.75, 3.05) is 0 Å². The van der Waals surface area contributed by atoms with Gasteiger partial charge in [0.2, 0.25) is 0 Å². The molecular weight excluding hydrogens is 252 g/mol. The number of nitrogens with two attached hydrogens (primary N) is 1. The molecule has 2 heterocycles. The summed E-state index contributed by atoms with van der Waals surface area (Å²) in [5.74, 6) is 0.893. The minimum Gasteiger partial charge on any atom is -0.324 e. The summed E-state index contributed by atoms with van der Waals surface area (Å²) in [5, 5.41) is 0.924. The fourth-order valence-corrected chi connectivity index (χ4v) is 2.82. The van der Waals surface area contributed by atoms with Gasteiger partial charge in [0.05, 0.1) is 0 Å². The summed E-state index contributed by atoms with van der Waals surface area (Å²) in [6.45, 7) is 3.99. The van der Waals surface area contributed by atoms with Gasteiger partial charge >= 0.3 is 0 Å². The number of hydrogen-bond donors (Lipinski definition) is 1. The summed E-state index contributed by atoms with van der Waals surface area (Å²) in [6.07, 6.45) is 2.68. The van der Waals surface area contributed by atoms with E-state index in [9.17, 15) is 0 Å². The van der Waals surface area contributed by atoms with Crippen molar-refractivity contribution in [2.45, 2.75) is 35.7 Å². The van der Waals surface area contributed by atoms with Crippen LogP contribution in [0.1, 0.15) is 31.3 Å².